The number of methoxy groups -OCH3 is 2. The van der Waals surface area contributed by atoms with Crippen LogP contribution in [0.25, 0.3) is 0 Å². The second-order valence-electron chi connectivity index (χ2n) is 7.23. The van der Waals surface area contributed by atoms with Gasteiger partial charge in [-0.2, -0.15) is 0 Å². The zero-order valence-electron chi connectivity index (χ0n) is 17.0. The predicted octanol–water partition coefficient (Wildman–Crippen LogP) is -2.65. The summed E-state index contributed by atoms with van der Waals surface area (Å²) in [7, 11) is 2.92. The molecule has 2 aliphatic rings. The summed E-state index contributed by atoms with van der Waals surface area (Å²) >= 11 is 0. The summed E-state index contributed by atoms with van der Waals surface area (Å²) in [4.78, 5) is 0. The lowest BCUT2D eigenvalue weighted by Crippen LogP contribution is -2.61. The Morgan fingerprint density at radius 2 is 1.52 bits per heavy atom. The van der Waals surface area contributed by atoms with Crippen LogP contribution < -0.4 is 14.2 Å². The third-order valence-electron chi connectivity index (χ3n) is 5.15. The van der Waals surface area contributed by atoms with E-state index >= 15 is 0 Å². The van der Waals surface area contributed by atoms with Gasteiger partial charge in [0.25, 0.3) is 0 Å². The first kappa shape index (κ1) is 23.9. The second-order valence-corrected chi connectivity index (χ2v) is 7.23. The molecule has 9 atom stereocenters. The SMILES string of the molecule is COc1ccc(O[C@H]2O[C@@H](CO[C@H]3OC[C@@H](O)[C@@H](O)[C@@H]3O)[C@@H](O)[C@@H](O)[C@@H]2O)cc1OC. The Morgan fingerprint density at radius 1 is 0.839 bits per heavy atom. The number of benzene rings is 1. The molecule has 0 aromatic heterocycles. The lowest BCUT2D eigenvalue weighted by Gasteiger charge is -2.41. The van der Waals surface area contributed by atoms with Crippen molar-refractivity contribution in [2.75, 3.05) is 27.4 Å². The molecule has 12 nitrogen and oxygen atoms in total. The monoisotopic (exact) mass is 448 g/mol. The predicted molar refractivity (Wildman–Crippen MR) is 101 cm³/mol. The second kappa shape index (κ2) is 10.3. The van der Waals surface area contributed by atoms with Gasteiger partial charge in [0.1, 0.15) is 48.5 Å². The van der Waals surface area contributed by atoms with Crippen LogP contribution >= 0.6 is 0 Å². The van der Waals surface area contributed by atoms with E-state index in [1.807, 2.05) is 0 Å². The molecule has 3 rings (SSSR count). The minimum atomic E-state index is -1.61. The van der Waals surface area contributed by atoms with Crippen molar-refractivity contribution in [3.63, 3.8) is 0 Å². The molecule has 0 bridgehead atoms. The highest BCUT2D eigenvalue weighted by molar-refractivity contribution is 5.45. The highest BCUT2D eigenvalue weighted by Crippen LogP contribution is 2.33. The molecule has 31 heavy (non-hydrogen) atoms. The molecule has 0 aliphatic carbocycles. The van der Waals surface area contributed by atoms with Gasteiger partial charge in [-0.3, -0.25) is 0 Å². The Hall–Kier alpha value is -1.74. The molecule has 6 N–H and O–H groups in total. The van der Waals surface area contributed by atoms with E-state index in [1.165, 1.54) is 20.3 Å². The summed E-state index contributed by atoms with van der Waals surface area (Å²) in [5, 5.41) is 59.8. The van der Waals surface area contributed by atoms with Gasteiger partial charge in [-0.15, -0.1) is 0 Å². The van der Waals surface area contributed by atoms with Crippen molar-refractivity contribution in [2.24, 2.45) is 0 Å². The van der Waals surface area contributed by atoms with Crippen LogP contribution in [0.2, 0.25) is 0 Å². The molecular weight excluding hydrogens is 420 g/mol. The van der Waals surface area contributed by atoms with Crippen LogP contribution in [0, 0.1) is 0 Å². The molecule has 1 aromatic rings. The quantitative estimate of drug-likeness (QED) is 0.256. The third kappa shape index (κ3) is 5.19. The van der Waals surface area contributed by atoms with Gasteiger partial charge in [-0.25, -0.2) is 0 Å². The van der Waals surface area contributed by atoms with E-state index in [0.717, 1.165) is 0 Å². The number of rotatable bonds is 7. The highest BCUT2D eigenvalue weighted by Gasteiger charge is 2.46. The van der Waals surface area contributed by atoms with Crippen molar-refractivity contribution in [1.82, 2.24) is 0 Å². The van der Waals surface area contributed by atoms with Crippen LogP contribution in [0.3, 0.4) is 0 Å². The van der Waals surface area contributed by atoms with Crippen LogP contribution in [0.1, 0.15) is 0 Å². The first-order chi connectivity index (χ1) is 14.8. The number of ether oxygens (including phenoxy) is 6. The lowest BCUT2D eigenvalue weighted by molar-refractivity contribution is -0.307. The Bertz CT molecular complexity index is 717. The molecule has 2 heterocycles. The van der Waals surface area contributed by atoms with Crippen LogP contribution in [0.5, 0.6) is 17.2 Å². The van der Waals surface area contributed by atoms with Gasteiger partial charge < -0.3 is 59.1 Å². The zero-order valence-corrected chi connectivity index (χ0v) is 17.0. The smallest absolute Gasteiger partial charge is 0.229 e. The van der Waals surface area contributed by atoms with Crippen LogP contribution in [0.4, 0.5) is 0 Å². The number of aliphatic hydroxyl groups excluding tert-OH is 6. The van der Waals surface area contributed by atoms with Gasteiger partial charge in [-0.05, 0) is 12.1 Å². The van der Waals surface area contributed by atoms with Crippen molar-refractivity contribution in [3.05, 3.63) is 18.2 Å². The van der Waals surface area contributed by atoms with Crippen LogP contribution in [0.15, 0.2) is 18.2 Å². The van der Waals surface area contributed by atoms with Crippen LogP contribution in [-0.4, -0.2) is 113 Å². The van der Waals surface area contributed by atoms with Gasteiger partial charge in [0.2, 0.25) is 6.29 Å². The van der Waals surface area contributed by atoms with Crippen molar-refractivity contribution >= 4 is 0 Å². The average Bonchev–Trinajstić information content (AvgIpc) is 2.78. The zero-order chi connectivity index (χ0) is 22.7. The maximum absolute atomic E-state index is 10.3. The molecule has 1 aromatic carbocycles. The van der Waals surface area contributed by atoms with E-state index in [1.54, 1.807) is 12.1 Å². The average molecular weight is 448 g/mol. The van der Waals surface area contributed by atoms with E-state index < -0.39 is 55.3 Å². The molecule has 2 aliphatic heterocycles. The maximum atomic E-state index is 10.3. The van der Waals surface area contributed by atoms with Gasteiger partial charge in [0, 0.05) is 6.07 Å². The highest BCUT2D eigenvalue weighted by atomic mass is 16.7. The number of aliphatic hydroxyl groups is 6. The largest absolute Gasteiger partial charge is 0.493 e. The van der Waals surface area contributed by atoms with Gasteiger partial charge in [0.15, 0.2) is 17.8 Å². The molecule has 0 amide bonds. The first-order valence-electron chi connectivity index (χ1n) is 9.62. The molecule has 176 valence electrons. The molecular formula is C19H28O12. The summed E-state index contributed by atoms with van der Waals surface area (Å²) in [6.07, 6.45) is -12.8. The summed E-state index contributed by atoms with van der Waals surface area (Å²) in [6.45, 7) is -0.634. The first-order valence-corrected chi connectivity index (χ1v) is 9.62. The summed E-state index contributed by atoms with van der Waals surface area (Å²) in [5.41, 5.74) is 0. The fourth-order valence-corrected chi connectivity index (χ4v) is 3.29. The fourth-order valence-electron chi connectivity index (χ4n) is 3.29. The van der Waals surface area contributed by atoms with Crippen molar-refractivity contribution in [2.45, 2.75) is 55.3 Å². The van der Waals surface area contributed by atoms with Crippen molar-refractivity contribution in [3.8, 4) is 17.2 Å². The van der Waals surface area contributed by atoms with Gasteiger partial charge in [0.05, 0.1) is 27.4 Å². The lowest BCUT2D eigenvalue weighted by atomic mass is 9.99. The summed E-state index contributed by atoms with van der Waals surface area (Å²) < 4.78 is 32.0. The standard InChI is InChI=1S/C19H28O12/c1-26-10-4-3-8(5-11(10)27-2)30-19-17(25)15(23)14(22)12(31-19)7-29-18-16(24)13(21)9(20)6-28-18/h3-5,9,12-25H,6-7H2,1-2H3/t9-,12+,13-,14-,15-,16+,17+,18-,19+/m1/s1. The number of hydrogen-bond donors (Lipinski definition) is 6. The Kier molecular flexibility index (Phi) is 7.91. The van der Waals surface area contributed by atoms with E-state index in [2.05, 4.69) is 0 Å². The Labute approximate surface area is 178 Å². The fraction of sp³-hybridized carbons (Fsp3) is 0.684. The minimum Gasteiger partial charge on any atom is -0.493 e. The summed E-state index contributed by atoms with van der Waals surface area (Å²) in [5.74, 6) is 1.07. The normalized spacial score (nSPS) is 38.5. The number of hydrogen-bond acceptors (Lipinski definition) is 12. The topological polar surface area (TPSA) is 177 Å². The van der Waals surface area contributed by atoms with Crippen LogP contribution in [-0.2, 0) is 14.2 Å². The Balaban J connectivity index is 1.65. The molecule has 12 heteroatoms. The van der Waals surface area contributed by atoms with Gasteiger partial charge in [-0.1, -0.05) is 0 Å². The van der Waals surface area contributed by atoms with E-state index in [0.29, 0.717) is 11.5 Å². The third-order valence-corrected chi connectivity index (χ3v) is 5.15. The molecule has 0 saturated carbocycles. The Morgan fingerprint density at radius 3 is 2.19 bits per heavy atom. The maximum Gasteiger partial charge on any atom is 0.229 e. The molecule has 0 spiro atoms. The summed E-state index contributed by atoms with van der Waals surface area (Å²) in [6, 6.07) is 4.62. The molecule has 2 saturated heterocycles. The molecule has 2 fully saturated rings. The van der Waals surface area contributed by atoms with Crippen molar-refractivity contribution in [1.29, 1.82) is 0 Å². The van der Waals surface area contributed by atoms with E-state index in [9.17, 15) is 30.6 Å². The van der Waals surface area contributed by atoms with E-state index in [-0.39, 0.29) is 19.0 Å². The van der Waals surface area contributed by atoms with Crippen molar-refractivity contribution < 1.29 is 59.1 Å². The minimum absolute atomic E-state index is 0.244. The van der Waals surface area contributed by atoms with Gasteiger partial charge >= 0.3 is 0 Å². The molecule has 0 radical (unpaired) electrons. The van der Waals surface area contributed by atoms with E-state index in [4.69, 9.17) is 28.4 Å². The molecule has 0 unspecified atom stereocenters.